The van der Waals surface area contributed by atoms with Crippen LogP contribution >= 0.6 is 0 Å². The zero-order valence-corrected chi connectivity index (χ0v) is 12.5. The predicted molar refractivity (Wildman–Crippen MR) is 74.3 cm³/mol. The van der Waals surface area contributed by atoms with Gasteiger partial charge in [0.1, 0.15) is 6.04 Å². The lowest BCUT2D eigenvalue weighted by Gasteiger charge is -2.09. The fourth-order valence-electron chi connectivity index (χ4n) is 2.13. The summed E-state index contributed by atoms with van der Waals surface area (Å²) in [5, 5.41) is 0. The number of hydrogen-bond donors (Lipinski definition) is 1. The standard InChI is InChI=1S/C13H25NO4S/c1-2-3-4-5-6-7-8-11-19(16,17)14-12-9-10-18-13(12)15/h12,14H,2-11H2,1H3/t12-/m0/s1. The molecule has 0 aromatic carbocycles. The first-order valence-electron chi connectivity index (χ1n) is 7.22. The molecule has 1 rings (SSSR count). The highest BCUT2D eigenvalue weighted by Gasteiger charge is 2.30. The molecule has 1 aliphatic rings. The SMILES string of the molecule is CCCCCCCCCS(=O)(=O)N[C@H]1CCOC1=O. The number of cyclic esters (lactones) is 1. The number of sulfonamides is 1. The van der Waals surface area contributed by atoms with Gasteiger partial charge in [0.25, 0.3) is 0 Å². The molecule has 0 spiro atoms. The summed E-state index contributed by atoms with van der Waals surface area (Å²) in [4.78, 5) is 11.2. The second kappa shape index (κ2) is 8.53. The van der Waals surface area contributed by atoms with Crippen LogP contribution in [0.4, 0.5) is 0 Å². The second-order valence-corrected chi connectivity index (χ2v) is 6.94. The Morgan fingerprint density at radius 1 is 1.16 bits per heavy atom. The summed E-state index contributed by atoms with van der Waals surface area (Å²) in [6.07, 6.45) is 7.99. The van der Waals surface area contributed by atoms with Crippen molar-refractivity contribution in [1.82, 2.24) is 4.72 Å². The summed E-state index contributed by atoms with van der Waals surface area (Å²) < 4.78 is 30.6. The van der Waals surface area contributed by atoms with Gasteiger partial charge in [0.15, 0.2) is 0 Å². The van der Waals surface area contributed by atoms with Gasteiger partial charge in [0.2, 0.25) is 10.0 Å². The number of carbonyl (C=O) groups is 1. The molecule has 6 heteroatoms. The fourth-order valence-corrected chi connectivity index (χ4v) is 3.48. The number of nitrogens with one attached hydrogen (secondary N) is 1. The van der Waals surface area contributed by atoms with Crippen molar-refractivity contribution in [1.29, 1.82) is 0 Å². The highest BCUT2D eigenvalue weighted by atomic mass is 32.2. The number of carbonyl (C=O) groups excluding carboxylic acids is 1. The normalized spacial score (nSPS) is 19.6. The summed E-state index contributed by atoms with van der Waals surface area (Å²) in [6.45, 7) is 2.48. The molecule has 1 atom stereocenters. The van der Waals surface area contributed by atoms with Gasteiger partial charge in [-0.15, -0.1) is 0 Å². The van der Waals surface area contributed by atoms with E-state index in [1.165, 1.54) is 25.7 Å². The lowest BCUT2D eigenvalue weighted by Crippen LogP contribution is -2.39. The zero-order valence-electron chi connectivity index (χ0n) is 11.7. The molecule has 0 saturated carbocycles. The molecule has 0 bridgehead atoms. The van der Waals surface area contributed by atoms with Crippen molar-refractivity contribution in [3.8, 4) is 0 Å². The van der Waals surface area contributed by atoms with Crippen LogP contribution in [0.3, 0.4) is 0 Å². The molecular weight excluding hydrogens is 266 g/mol. The lowest BCUT2D eigenvalue weighted by molar-refractivity contribution is -0.139. The molecule has 1 heterocycles. The van der Waals surface area contributed by atoms with E-state index in [9.17, 15) is 13.2 Å². The third-order valence-corrected chi connectivity index (χ3v) is 4.74. The largest absolute Gasteiger partial charge is 0.464 e. The van der Waals surface area contributed by atoms with Gasteiger partial charge < -0.3 is 4.74 Å². The van der Waals surface area contributed by atoms with Crippen LogP contribution < -0.4 is 4.72 Å². The maximum atomic E-state index is 11.7. The van der Waals surface area contributed by atoms with E-state index in [1.54, 1.807) is 0 Å². The molecule has 19 heavy (non-hydrogen) atoms. The first-order chi connectivity index (χ1) is 9.05. The van der Waals surface area contributed by atoms with Crippen LogP contribution in [0.2, 0.25) is 0 Å². The molecule has 1 N–H and O–H groups in total. The Morgan fingerprint density at radius 3 is 2.37 bits per heavy atom. The monoisotopic (exact) mass is 291 g/mol. The van der Waals surface area contributed by atoms with Crippen LogP contribution in [-0.4, -0.2) is 32.8 Å². The molecule has 0 aromatic rings. The van der Waals surface area contributed by atoms with Gasteiger partial charge >= 0.3 is 5.97 Å². The number of hydrogen-bond acceptors (Lipinski definition) is 4. The van der Waals surface area contributed by atoms with Gasteiger partial charge in [0.05, 0.1) is 12.4 Å². The number of rotatable bonds is 10. The average Bonchev–Trinajstić information content (AvgIpc) is 2.73. The molecule has 5 nitrogen and oxygen atoms in total. The van der Waals surface area contributed by atoms with Crippen LogP contribution in [0.15, 0.2) is 0 Å². The van der Waals surface area contributed by atoms with Gasteiger partial charge in [-0.25, -0.2) is 13.1 Å². The van der Waals surface area contributed by atoms with Crippen LogP contribution in [0, 0.1) is 0 Å². The highest BCUT2D eigenvalue weighted by Crippen LogP contribution is 2.10. The zero-order chi connectivity index (χ0) is 14.1. The van der Waals surface area contributed by atoms with Gasteiger partial charge in [-0.3, -0.25) is 4.79 Å². The minimum atomic E-state index is -3.35. The van der Waals surface area contributed by atoms with Crippen molar-refractivity contribution in [2.24, 2.45) is 0 Å². The summed E-state index contributed by atoms with van der Waals surface area (Å²) in [5.41, 5.74) is 0. The minimum absolute atomic E-state index is 0.102. The Balaban J connectivity index is 2.11. The molecule has 0 aromatic heterocycles. The molecule has 0 amide bonds. The molecular formula is C13H25NO4S. The average molecular weight is 291 g/mol. The maximum Gasteiger partial charge on any atom is 0.324 e. The minimum Gasteiger partial charge on any atom is -0.464 e. The van der Waals surface area contributed by atoms with E-state index in [-0.39, 0.29) is 5.75 Å². The first kappa shape index (κ1) is 16.4. The van der Waals surface area contributed by atoms with E-state index in [2.05, 4.69) is 11.6 Å². The summed E-state index contributed by atoms with van der Waals surface area (Å²) >= 11 is 0. The summed E-state index contributed by atoms with van der Waals surface area (Å²) in [5.74, 6) is -0.354. The molecule has 1 aliphatic heterocycles. The molecule has 112 valence electrons. The van der Waals surface area contributed by atoms with E-state index in [0.717, 1.165) is 12.8 Å². The Labute approximate surface area is 116 Å². The Bertz CT molecular complexity index is 367. The summed E-state index contributed by atoms with van der Waals surface area (Å²) in [7, 11) is -3.35. The molecule has 1 fully saturated rings. The van der Waals surface area contributed by atoms with Crippen LogP contribution in [-0.2, 0) is 19.6 Å². The number of esters is 1. The van der Waals surface area contributed by atoms with E-state index < -0.39 is 22.0 Å². The third kappa shape index (κ3) is 6.92. The highest BCUT2D eigenvalue weighted by molar-refractivity contribution is 7.89. The Kier molecular flexibility index (Phi) is 7.38. The summed E-state index contributed by atoms with van der Waals surface area (Å²) in [6, 6.07) is -0.672. The van der Waals surface area contributed by atoms with Crippen molar-refractivity contribution >= 4 is 16.0 Å². The van der Waals surface area contributed by atoms with Gasteiger partial charge in [-0.2, -0.15) is 0 Å². The van der Waals surface area contributed by atoms with Crippen LogP contribution in [0.25, 0.3) is 0 Å². The second-order valence-electron chi connectivity index (χ2n) is 5.07. The first-order valence-corrected chi connectivity index (χ1v) is 8.87. The van der Waals surface area contributed by atoms with E-state index >= 15 is 0 Å². The maximum absolute atomic E-state index is 11.7. The van der Waals surface area contributed by atoms with Crippen molar-refractivity contribution in [2.45, 2.75) is 64.3 Å². The lowest BCUT2D eigenvalue weighted by atomic mass is 10.1. The molecule has 0 radical (unpaired) electrons. The molecule has 1 saturated heterocycles. The van der Waals surface area contributed by atoms with Gasteiger partial charge in [0, 0.05) is 6.42 Å². The van der Waals surface area contributed by atoms with Crippen molar-refractivity contribution in [3.05, 3.63) is 0 Å². The number of ether oxygens (including phenoxy) is 1. The smallest absolute Gasteiger partial charge is 0.324 e. The van der Waals surface area contributed by atoms with Crippen molar-refractivity contribution < 1.29 is 17.9 Å². The van der Waals surface area contributed by atoms with E-state index in [1.807, 2.05) is 0 Å². The fraction of sp³-hybridized carbons (Fsp3) is 0.923. The van der Waals surface area contributed by atoms with Crippen molar-refractivity contribution in [2.75, 3.05) is 12.4 Å². The Morgan fingerprint density at radius 2 is 1.79 bits per heavy atom. The quantitative estimate of drug-likeness (QED) is 0.493. The third-order valence-electron chi connectivity index (χ3n) is 3.27. The van der Waals surface area contributed by atoms with E-state index in [4.69, 9.17) is 4.74 Å². The van der Waals surface area contributed by atoms with Gasteiger partial charge in [-0.05, 0) is 6.42 Å². The number of unbranched alkanes of at least 4 members (excludes halogenated alkanes) is 6. The Hall–Kier alpha value is -0.620. The van der Waals surface area contributed by atoms with Crippen LogP contribution in [0.5, 0.6) is 0 Å². The van der Waals surface area contributed by atoms with Gasteiger partial charge in [-0.1, -0.05) is 45.4 Å². The van der Waals surface area contributed by atoms with Crippen molar-refractivity contribution in [3.63, 3.8) is 0 Å². The van der Waals surface area contributed by atoms with Crippen LogP contribution in [0.1, 0.15) is 58.3 Å². The molecule has 0 aliphatic carbocycles. The molecule has 0 unspecified atom stereocenters. The topological polar surface area (TPSA) is 72.5 Å². The van der Waals surface area contributed by atoms with E-state index in [0.29, 0.717) is 19.4 Å². The predicted octanol–water partition coefficient (Wildman–Crippen LogP) is 1.97.